The summed E-state index contributed by atoms with van der Waals surface area (Å²) in [4.78, 5) is 24.5. The van der Waals surface area contributed by atoms with Gasteiger partial charge in [0.1, 0.15) is 6.10 Å². The molecule has 1 heterocycles. The van der Waals surface area contributed by atoms with E-state index in [-0.39, 0.29) is 16.2 Å². The zero-order valence-corrected chi connectivity index (χ0v) is 24.0. The predicted molar refractivity (Wildman–Crippen MR) is 132 cm³/mol. The quantitative estimate of drug-likeness (QED) is 0.199. The Kier molecular flexibility index (Phi) is 7.67. The van der Waals surface area contributed by atoms with Crippen LogP contribution in [0.25, 0.3) is 0 Å². The molecule has 32 heavy (non-hydrogen) atoms. The van der Waals surface area contributed by atoms with Crippen molar-refractivity contribution < 1.29 is 27.9 Å². The van der Waals surface area contributed by atoms with Gasteiger partial charge in [-0.2, -0.15) is 0 Å². The van der Waals surface area contributed by atoms with E-state index in [4.69, 9.17) is 18.3 Å². The largest absolute Gasteiger partial charge is 0.455 e. The first kappa shape index (κ1) is 27.3. The van der Waals surface area contributed by atoms with Crippen molar-refractivity contribution in [2.45, 2.75) is 122 Å². The van der Waals surface area contributed by atoms with Gasteiger partial charge in [0.25, 0.3) is 0 Å². The number of esters is 2. The summed E-state index contributed by atoms with van der Waals surface area (Å²) in [5.41, 5.74) is -0.249. The van der Waals surface area contributed by atoms with Crippen LogP contribution in [0, 0.1) is 0 Å². The zero-order chi connectivity index (χ0) is 24.8. The molecular formula is C24H44O6Si2. The van der Waals surface area contributed by atoms with Gasteiger partial charge >= 0.3 is 11.9 Å². The van der Waals surface area contributed by atoms with Crippen LogP contribution in [0.15, 0.2) is 11.6 Å². The lowest BCUT2D eigenvalue weighted by Crippen LogP contribution is -2.51. The van der Waals surface area contributed by atoms with Gasteiger partial charge in [-0.15, -0.1) is 0 Å². The second-order valence-corrected chi connectivity index (χ2v) is 21.9. The molecule has 2 fully saturated rings. The van der Waals surface area contributed by atoms with E-state index in [0.717, 1.165) is 12.0 Å². The van der Waals surface area contributed by atoms with Crippen molar-refractivity contribution in [2.75, 3.05) is 6.61 Å². The summed E-state index contributed by atoms with van der Waals surface area (Å²) in [7, 11) is -3.96. The Morgan fingerprint density at radius 2 is 1.62 bits per heavy atom. The van der Waals surface area contributed by atoms with Crippen LogP contribution in [-0.2, 0) is 27.9 Å². The average Bonchev–Trinajstić information content (AvgIpc) is 2.82. The van der Waals surface area contributed by atoms with Crippen LogP contribution in [0.2, 0.25) is 36.3 Å². The summed E-state index contributed by atoms with van der Waals surface area (Å²) in [5.74, 6) is -0.925. The third kappa shape index (κ3) is 5.74. The molecule has 1 aliphatic heterocycles. The number of fused-ring (bicyclic) bond motifs is 2. The monoisotopic (exact) mass is 484 g/mol. The first-order valence-corrected chi connectivity index (χ1v) is 17.6. The van der Waals surface area contributed by atoms with Crippen molar-refractivity contribution in [3.05, 3.63) is 11.6 Å². The van der Waals surface area contributed by atoms with Gasteiger partial charge in [0.2, 0.25) is 5.60 Å². The molecule has 0 aromatic heterocycles. The van der Waals surface area contributed by atoms with E-state index in [9.17, 15) is 9.59 Å². The molecule has 1 saturated heterocycles. The highest BCUT2D eigenvalue weighted by Crippen LogP contribution is 2.47. The van der Waals surface area contributed by atoms with Gasteiger partial charge in [0, 0.05) is 26.4 Å². The van der Waals surface area contributed by atoms with Gasteiger partial charge in [-0.1, -0.05) is 47.6 Å². The Morgan fingerprint density at radius 1 is 1.06 bits per heavy atom. The van der Waals surface area contributed by atoms with Crippen LogP contribution in [0.4, 0.5) is 0 Å². The molecule has 1 saturated carbocycles. The Balaban J connectivity index is 2.27. The van der Waals surface area contributed by atoms with E-state index in [0.29, 0.717) is 19.4 Å². The van der Waals surface area contributed by atoms with Gasteiger partial charge in [0.05, 0.1) is 6.10 Å². The number of rotatable bonds is 7. The SMILES string of the molecule is CC(=O)O[C@@]12C[C@@H](OC1=O)/C(=C\CCO[Si](C)(C)C(C)(C)C)[C@H](O[Si](C)(C)C(C)(C)C)C2. The maximum atomic E-state index is 12.7. The Labute approximate surface area is 196 Å². The summed E-state index contributed by atoms with van der Waals surface area (Å²) >= 11 is 0. The fourth-order valence-corrected chi connectivity index (χ4v) is 6.05. The van der Waals surface area contributed by atoms with Gasteiger partial charge in [-0.25, -0.2) is 4.79 Å². The van der Waals surface area contributed by atoms with Crippen molar-refractivity contribution in [3.63, 3.8) is 0 Å². The van der Waals surface area contributed by atoms with Crippen molar-refractivity contribution in [3.8, 4) is 0 Å². The second kappa shape index (κ2) is 9.00. The number of hydrogen-bond acceptors (Lipinski definition) is 6. The minimum Gasteiger partial charge on any atom is -0.455 e. The molecule has 0 amide bonds. The van der Waals surface area contributed by atoms with Gasteiger partial charge < -0.3 is 18.3 Å². The summed E-state index contributed by atoms with van der Waals surface area (Å²) in [6.45, 7) is 24.1. The van der Waals surface area contributed by atoms with Gasteiger partial charge in [0.15, 0.2) is 16.6 Å². The molecule has 2 bridgehead atoms. The molecule has 3 atom stereocenters. The number of ether oxygens (including phenoxy) is 2. The molecule has 0 radical (unpaired) electrons. The zero-order valence-electron chi connectivity index (χ0n) is 22.0. The first-order valence-electron chi connectivity index (χ1n) is 11.7. The molecule has 0 aromatic rings. The van der Waals surface area contributed by atoms with Crippen LogP contribution in [0.1, 0.15) is 67.7 Å². The lowest BCUT2D eigenvalue weighted by atomic mass is 9.80. The standard InChI is InChI=1S/C24H44O6Si2/c1-17(25)29-24-15-19(28-21(24)26)18(13-12-14-27-31(8,9)22(2,3)4)20(16-24)30-32(10,11)23(5,6)7/h13,19-20H,12,14-16H2,1-11H3/b18-13+/t19-,20-,24-/m1/s1. The maximum Gasteiger partial charge on any atom is 0.351 e. The highest BCUT2D eigenvalue weighted by atomic mass is 28.4. The van der Waals surface area contributed by atoms with E-state index < -0.39 is 40.3 Å². The lowest BCUT2D eigenvalue weighted by Gasteiger charge is -2.43. The normalized spacial score (nSPS) is 28.1. The van der Waals surface area contributed by atoms with E-state index >= 15 is 0 Å². The summed E-state index contributed by atoms with van der Waals surface area (Å²) in [6.07, 6.45) is 2.80. The fraction of sp³-hybridized carbons (Fsp3) is 0.833. The van der Waals surface area contributed by atoms with Crippen LogP contribution >= 0.6 is 0 Å². The Hall–Kier alpha value is -0.966. The summed E-state index contributed by atoms with van der Waals surface area (Å²) in [5, 5.41) is 0.170. The summed E-state index contributed by atoms with van der Waals surface area (Å²) < 4.78 is 24.3. The van der Waals surface area contributed by atoms with Gasteiger partial charge in [-0.3, -0.25) is 4.79 Å². The van der Waals surface area contributed by atoms with E-state index in [1.807, 2.05) is 0 Å². The predicted octanol–water partition coefficient (Wildman–Crippen LogP) is 5.74. The molecule has 8 heteroatoms. The van der Waals surface area contributed by atoms with E-state index in [1.54, 1.807) is 0 Å². The second-order valence-electron chi connectivity index (χ2n) is 12.4. The van der Waals surface area contributed by atoms with Crippen LogP contribution < -0.4 is 0 Å². The third-order valence-electron chi connectivity index (χ3n) is 7.74. The van der Waals surface area contributed by atoms with Crippen molar-refractivity contribution in [1.29, 1.82) is 0 Å². The van der Waals surface area contributed by atoms with E-state index in [1.165, 1.54) is 6.92 Å². The highest BCUT2D eigenvalue weighted by Gasteiger charge is 2.60. The van der Waals surface area contributed by atoms with Crippen molar-refractivity contribution in [2.24, 2.45) is 0 Å². The maximum absolute atomic E-state index is 12.7. The molecule has 0 spiro atoms. The number of hydrogen-bond donors (Lipinski definition) is 0. The van der Waals surface area contributed by atoms with Crippen molar-refractivity contribution >= 4 is 28.6 Å². The highest BCUT2D eigenvalue weighted by molar-refractivity contribution is 6.74. The molecule has 1 aliphatic carbocycles. The molecule has 0 unspecified atom stereocenters. The fourth-order valence-electron chi connectivity index (χ4n) is 3.70. The van der Waals surface area contributed by atoms with Crippen LogP contribution in [0.3, 0.4) is 0 Å². The minimum absolute atomic E-state index is 0.0134. The third-order valence-corrected chi connectivity index (χ3v) is 16.8. The molecule has 6 nitrogen and oxygen atoms in total. The Bertz CT molecular complexity index is 759. The first-order chi connectivity index (χ1) is 14.3. The van der Waals surface area contributed by atoms with Gasteiger partial charge in [-0.05, 0) is 48.3 Å². The smallest absolute Gasteiger partial charge is 0.351 e. The lowest BCUT2D eigenvalue weighted by molar-refractivity contribution is -0.172. The number of carbonyl (C=O) groups is 2. The molecule has 184 valence electrons. The topological polar surface area (TPSA) is 71.1 Å². The summed E-state index contributed by atoms with van der Waals surface area (Å²) in [6, 6.07) is 0. The molecule has 2 aliphatic rings. The molecule has 0 aromatic carbocycles. The molecule has 2 rings (SSSR count). The van der Waals surface area contributed by atoms with Crippen molar-refractivity contribution in [1.82, 2.24) is 0 Å². The van der Waals surface area contributed by atoms with Crippen LogP contribution in [-0.4, -0.2) is 53.0 Å². The average molecular weight is 485 g/mol. The molecular weight excluding hydrogens is 440 g/mol. The number of carbonyl (C=O) groups excluding carboxylic acids is 2. The Morgan fingerprint density at radius 3 is 2.12 bits per heavy atom. The van der Waals surface area contributed by atoms with E-state index in [2.05, 4.69) is 73.8 Å². The van der Waals surface area contributed by atoms with Crippen LogP contribution in [0.5, 0.6) is 0 Å². The molecule has 0 N–H and O–H groups in total. The minimum atomic E-state index is -2.14.